The fourth-order valence-corrected chi connectivity index (χ4v) is 2.93. The number of nitrogens with one attached hydrogen (secondary N) is 1. The lowest BCUT2D eigenvalue weighted by atomic mass is 10.2. The van der Waals surface area contributed by atoms with Crippen LogP contribution >= 0.6 is 47.2 Å². The maximum Gasteiger partial charge on any atom is 0.276 e. The molecule has 3 aromatic rings. The highest BCUT2D eigenvalue weighted by molar-refractivity contribution is 14.0. The molecular formula is C19H21Cl2IN6O. The fourth-order valence-electron chi connectivity index (χ4n) is 2.61. The second-order valence-electron chi connectivity index (χ2n) is 6.06. The zero-order valence-electron chi connectivity index (χ0n) is 16.0. The Morgan fingerprint density at radius 2 is 2.03 bits per heavy atom. The second-order valence-corrected chi connectivity index (χ2v) is 6.87. The molecule has 29 heavy (non-hydrogen) atoms. The van der Waals surface area contributed by atoms with Crippen molar-refractivity contribution in [3.05, 3.63) is 64.0 Å². The predicted octanol–water partition coefficient (Wildman–Crippen LogP) is 4.31. The van der Waals surface area contributed by atoms with Crippen molar-refractivity contribution < 1.29 is 4.52 Å². The molecule has 154 valence electrons. The minimum Gasteiger partial charge on any atom is -0.356 e. The maximum atomic E-state index is 6.08. The average Bonchev–Trinajstić information content (AvgIpc) is 3.18. The zero-order chi connectivity index (χ0) is 19.9. The van der Waals surface area contributed by atoms with E-state index in [2.05, 4.69) is 25.4 Å². The van der Waals surface area contributed by atoms with Crippen molar-refractivity contribution in [3.63, 3.8) is 0 Å². The lowest BCUT2D eigenvalue weighted by molar-refractivity contribution is 0.420. The Bertz CT molecular complexity index is 951. The fraction of sp³-hybridized carbons (Fsp3) is 0.263. The second kappa shape index (κ2) is 11.3. The van der Waals surface area contributed by atoms with Gasteiger partial charge in [0, 0.05) is 39.8 Å². The Morgan fingerprint density at radius 3 is 2.72 bits per heavy atom. The lowest BCUT2D eigenvalue weighted by Crippen LogP contribution is -2.39. The first-order valence-electron chi connectivity index (χ1n) is 8.66. The summed E-state index contributed by atoms with van der Waals surface area (Å²) in [6.07, 6.45) is 2.28. The van der Waals surface area contributed by atoms with Gasteiger partial charge in [-0.1, -0.05) is 40.5 Å². The van der Waals surface area contributed by atoms with E-state index in [9.17, 15) is 0 Å². The largest absolute Gasteiger partial charge is 0.356 e. The molecule has 0 bridgehead atoms. The van der Waals surface area contributed by atoms with Gasteiger partial charge < -0.3 is 14.7 Å². The molecule has 0 saturated carbocycles. The van der Waals surface area contributed by atoms with E-state index < -0.39 is 0 Å². The molecule has 0 unspecified atom stereocenters. The van der Waals surface area contributed by atoms with Crippen molar-refractivity contribution in [1.82, 2.24) is 25.3 Å². The molecule has 0 atom stereocenters. The maximum absolute atomic E-state index is 6.08. The molecule has 3 rings (SSSR count). The third kappa shape index (κ3) is 6.55. The molecule has 10 heteroatoms. The molecular weight excluding hydrogens is 526 g/mol. The molecule has 0 amide bonds. The van der Waals surface area contributed by atoms with Crippen molar-refractivity contribution in [2.24, 2.45) is 4.99 Å². The first-order valence-corrected chi connectivity index (χ1v) is 9.42. The van der Waals surface area contributed by atoms with Gasteiger partial charge in [0.25, 0.3) is 5.89 Å². The van der Waals surface area contributed by atoms with Crippen LogP contribution < -0.4 is 5.32 Å². The van der Waals surface area contributed by atoms with Crippen LogP contribution in [0.5, 0.6) is 0 Å². The highest BCUT2D eigenvalue weighted by Crippen LogP contribution is 2.23. The highest BCUT2D eigenvalue weighted by Gasteiger charge is 2.11. The van der Waals surface area contributed by atoms with Crippen LogP contribution in [-0.2, 0) is 13.0 Å². The Morgan fingerprint density at radius 1 is 1.21 bits per heavy atom. The number of pyridine rings is 1. The molecule has 0 aliphatic rings. The van der Waals surface area contributed by atoms with Crippen LogP contribution in [0.3, 0.4) is 0 Å². The van der Waals surface area contributed by atoms with E-state index in [4.69, 9.17) is 27.7 Å². The summed E-state index contributed by atoms with van der Waals surface area (Å²) in [5, 5.41) is 8.37. The van der Waals surface area contributed by atoms with E-state index in [0.29, 0.717) is 47.0 Å². The van der Waals surface area contributed by atoms with Crippen LogP contribution in [0.1, 0.15) is 11.4 Å². The van der Waals surface area contributed by atoms with Gasteiger partial charge in [0.1, 0.15) is 5.69 Å². The Balaban J connectivity index is 0.00000300. The molecule has 0 spiro atoms. The number of nitrogens with zero attached hydrogens (tertiary/aromatic N) is 5. The van der Waals surface area contributed by atoms with E-state index in [1.165, 1.54) is 0 Å². The predicted molar refractivity (Wildman–Crippen MR) is 126 cm³/mol. The van der Waals surface area contributed by atoms with Crippen LogP contribution in [0, 0.1) is 0 Å². The van der Waals surface area contributed by atoms with Crippen LogP contribution in [0.25, 0.3) is 11.6 Å². The van der Waals surface area contributed by atoms with Gasteiger partial charge in [-0.25, -0.2) is 0 Å². The quantitative estimate of drug-likeness (QED) is 0.282. The van der Waals surface area contributed by atoms with Gasteiger partial charge >= 0.3 is 0 Å². The molecule has 7 nitrogen and oxygen atoms in total. The first kappa shape index (κ1) is 23.4. The summed E-state index contributed by atoms with van der Waals surface area (Å²) in [6.45, 7) is 1.25. The number of hydrogen-bond acceptors (Lipinski definition) is 5. The summed E-state index contributed by atoms with van der Waals surface area (Å²) in [5.41, 5.74) is 1.70. The summed E-state index contributed by atoms with van der Waals surface area (Å²) in [4.78, 5) is 14.9. The van der Waals surface area contributed by atoms with Crippen LogP contribution in [0.2, 0.25) is 10.0 Å². The summed E-state index contributed by atoms with van der Waals surface area (Å²) in [6, 6.07) is 11.1. The molecule has 2 heterocycles. The summed E-state index contributed by atoms with van der Waals surface area (Å²) >= 11 is 12.1. The number of guanidine groups is 1. The minimum absolute atomic E-state index is 0. The number of aliphatic imine (C=N–C) groups is 1. The Labute approximate surface area is 196 Å². The van der Waals surface area contributed by atoms with Gasteiger partial charge in [0.05, 0.1) is 10.0 Å². The molecule has 2 aromatic heterocycles. The highest BCUT2D eigenvalue weighted by atomic mass is 127. The average molecular weight is 547 g/mol. The molecule has 0 saturated heterocycles. The molecule has 1 aromatic carbocycles. The van der Waals surface area contributed by atoms with E-state index in [1.807, 2.05) is 42.3 Å². The smallest absolute Gasteiger partial charge is 0.276 e. The van der Waals surface area contributed by atoms with Crippen LogP contribution in [0.15, 0.2) is 52.1 Å². The molecule has 0 radical (unpaired) electrons. The van der Waals surface area contributed by atoms with Gasteiger partial charge in [-0.15, -0.1) is 24.0 Å². The minimum atomic E-state index is 0. The van der Waals surface area contributed by atoms with Gasteiger partial charge in [0.15, 0.2) is 11.8 Å². The topological polar surface area (TPSA) is 79.4 Å². The Hall–Kier alpha value is -1.91. The van der Waals surface area contributed by atoms with Crippen molar-refractivity contribution in [1.29, 1.82) is 0 Å². The van der Waals surface area contributed by atoms with Gasteiger partial charge in [-0.2, -0.15) is 4.98 Å². The third-order valence-corrected chi connectivity index (χ3v) is 4.70. The SMILES string of the molecule is CN=C(NCCc1noc(-c2ccccn2)n1)N(C)Cc1ccc(Cl)c(Cl)c1.I. The summed E-state index contributed by atoms with van der Waals surface area (Å²) in [5.74, 6) is 1.77. The zero-order valence-corrected chi connectivity index (χ0v) is 19.8. The normalized spacial score (nSPS) is 11.1. The monoisotopic (exact) mass is 546 g/mol. The van der Waals surface area contributed by atoms with E-state index >= 15 is 0 Å². The van der Waals surface area contributed by atoms with E-state index in [1.54, 1.807) is 19.3 Å². The summed E-state index contributed by atoms with van der Waals surface area (Å²) in [7, 11) is 3.69. The van der Waals surface area contributed by atoms with Crippen molar-refractivity contribution in [2.45, 2.75) is 13.0 Å². The standard InChI is InChI=1S/C19H20Cl2N6O.HI/c1-22-19(27(2)12-13-6-7-14(20)15(21)11-13)24-10-8-17-25-18(28-26-17)16-5-3-4-9-23-16;/h3-7,9,11H,8,10,12H2,1-2H3,(H,22,24);1H. The van der Waals surface area contributed by atoms with Crippen molar-refractivity contribution in [2.75, 3.05) is 20.6 Å². The number of hydrogen-bond donors (Lipinski definition) is 1. The van der Waals surface area contributed by atoms with Crippen LogP contribution in [0.4, 0.5) is 0 Å². The number of aromatic nitrogens is 3. The first-order chi connectivity index (χ1) is 13.6. The van der Waals surface area contributed by atoms with E-state index in [-0.39, 0.29) is 24.0 Å². The van der Waals surface area contributed by atoms with Crippen molar-refractivity contribution in [3.8, 4) is 11.6 Å². The lowest BCUT2D eigenvalue weighted by Gasteiger charge is -2.22. The molecule has 0 fully saturated rings. The van der Waals surface area contributed by atoms with Gasteiger partial charge in [-0.05, 0) is 29.8 Å². The van der Waals surface area contributed by atoms with Gasteiger partial charge in [0.2, 0.25) is 0 Å². The number of benzene rings is 1. The molecule has 1 N–H and O–H groups in total. The Kier molecular flexibility index (Phi) is 9.12. The third-order valence-electron chi connectivity index (χ3n) is 3.96. The van der Waals surface area contributed by atoms with Gasteiger partial charge in [-0.3, -0.25) is 9.98 Å². The van der Waals surface area contributed by atoms with E-state index in [0.717, 1.165) is 11.5 Å². The summed E-state index contributed by atoms with van der Waals surface area (Å²) < 4.78 is 5.27. The number of halogens is 3. The van der Waals surface area contributed by atoms with Crippen LogP contribution in [-0.4, -0.2) is 46.6 Å². The van der Waals surface area contributed by atoms with Crippen molar-refractivity contribution >= 4 is 53.1 Å². The molecule has 0 aliphatic carbocycles. The number of rotatable bonds is 6. The molecule has 0 aliphatic heterocycles.